The quantitative estimate of drug-likeness (QED) is 0.730. The van der Waals surface area contributed by atoms with Crippen LogP contribution in [0.2, 0.25) is 0 Å². The third-order valence-corrected chi connectivity index (χ3v) is 5.74. The molecule has 1 aliphatic heterocycles. The molecule has 2 aromatic heterocycles. The van der Waals surface area contributed by atoms with Crippen molar-refractivity contribution in [2.75, 3.05) is 18.0 Å². The highest BCUT2D eigenvalue weighted by Gasteiger charge is 2.30. The summed E-state index contributed by atoms with van der Waals surface area (Å²) in [6.45, 7) is 2.03. The van der Waals surface area contributed by atoms with Gasteiger partial charge in [-0.15, -0.1) is 0 Å². The van der Waals surface area contributed by atoms with E-state index in [1.165, 1.54) is 24.0 Å². The van der Waals surface area contributed by atoms with Gasteiger partial charge in [-0.2, -0.15) is 5.10 Å². The molecule has 0 spiro atoms. The van der Waals surface area contributed by atoms with Gasteiger partial charge in [0.25, 0.3) is 0 Å². The zero-order valence-electron chi connectivity index (χ0n) is 14.8. The minimum absolute atomic E-state index is 0.398. The number of benzene rings is 1. The van der Waals surface area contributed by atoms with Gasteiger partial charge in [-0.25, -0.2) is 14.6 Å². The molecule has 5 rings (SSSR count). The second-order valence-electron chi connectivity index (χ2n) is 7.37. The van der Waals surface area contributed by atoms with Crippen LogP contribution in [0.5, 0.6) is 0 Å². The number of nitrogens with zero attached hydrogens (tertiary/aromatic N) is 5. The van der Waals surface area contributed by atoms with Crippen LogP contribution in [0.25, 0.3) is 0 Å². The summed E-state index contributed by atoms with van der Waals surface area (Å²) < 4.78 is 2.20. The van der Waals surface area contributed by atoms with Crippen molar-refractivity contribution in [1.29, 1.82) is 0 Å². The lowest BCUT2D eigenvalue weighted by Gasteiger charge is -2.33. The van der Waals surface area contributed by atoms with E-state index >= 15 is 0 Å². The van der Waals surface area contributed by atoms with Crippen LogP contribution in [-0.4, -0.2) is 32.8 Å². The molecule has 1 fully saturated rings. The standard InChI is InChI=1S/C21H23N5/c1-2-7-17-13-19(12-16(17)6-1)26-21(23-15-24-26)18-8-5-11-25(14-18)20-9-3-4-10-22-20/h1-4,6-7,9-10,15,18-19H,5,8,11-14H2/t18-/m0/s1. The lowest BCUT2D eigenvalue weighted by atomic mass is 9.96. The van der Waals surface area contributed by atoms with E-state index in [1.807, 2.05) is 12.3 Å². The van der Waals surface area contributed by atoms with Crippen LogP contribution in [0, 0.1) is 0 Å². The van der Waals surface area contributed by atoms with Crippen molar-refractivity contribution in [2.45, 2.75) is 37.6 Å². The largest absolute Gasteiger partial charge is 0.356 e. The van der Waals surface area contributed by atoms with E-state index in [1.54, 1.807) is 6.33 Å². The predicted molar refractivity (Wildman–Crippen MR) is 101 cm³/mol. The molecular formula is C21H23N5. The normalized spacial score (nSPS) is 20.3. The average molecular weight is 345 g/mol. The summed E-state index contributed by atoms with van der Waals surface area (Å²) in [5, 5.41) is 4.63. The third-order valence-electron chi connectivity index (χ3n) is 5.74. The topological polar surface area (TPSA) is 46.8 Å². The minimum atomic E-state index is 0.398. The molecule has 1 aromatic carbocycles. The third kappa shape index (κ3) is 2.77. The van der Waals surface area contributed by atoms with E-state index in [2.05, 4.69) is 61.0 Å². The molecule has 0 bridgehead atoms. The molecule has 2 aliphatic rings. The molecule has 0 unspecified atom stereocenters. The Balaban J connectivity index is 1.38. The zero-order valence-corrected chi connectivity index (χ0v) is 14.8. The number of hydrogen-bond donors (Lipinski definition) is 0. The van der Waals surface area contributed by atoms with Gasteiger partial charge >= 0.3 is 0 Å². The Hall–Kier alpha value is -2.69. The van der Waals surface area contributed by atoms with E-state index in [0.717, 1.165) is 37.6 Å². The van der Waals surface area contributed by atoms with Crippen LogP contribution in [-0.2, 0) is 12.8 Å². The van der Waals surface area contributed by atoms with Crippen molar-refractivity contribution >= 4 is 5.82 Å². The molecule has 5 heteroatoms. The number of hydrogen-bond acceptors (Lipinski definition) is 4. The van der Waals surface area contributed by atoms with E-state index in [9.17, 15) is 0 Å². The summed E-state index contributed by atoms with van der Waals surface area (Å²) in [7, 11) is 0. The molecule has 0 N–H and O–H groups in total. The van der Waals surface area contributed by atoms with E-state index in [-0.39, 0.29) is 0 Å². The van der Waals surface area contributed by atoms with Crippen LogP contribution >= 0.6 is 0 Å². The molecule has 26 heavy (non-hydrogen) atoms. The molecule has 0 amide bonds. The highest BCUT2D eigenvalue weighted by Crippen LogP contribution is 2.34. The van der Waals surface area contributed by atoms with Crippen LogP contribution < -0.4 is 4.90 Å². The minimum Gasteiger partial charge on any atom is -0.356 e. The number of rotatable bonds is 3. The lowest BCUT2D eigenvalue weighted by Crippen LogP contribution is -2.36. The molecule has 3 aromatic rings. The maximum absolute atomic E-state index is 4.68. The average Bonchev–Trinajstić information content (AvgIpc) is 3.35. The zero-order chi connectivity index (χ0) is 17.3. The van der Waals surface area contributed by atoms with Crippen molar-refractivity contribution in [3.63, 3.8) is 0 Å². The summed E-state index contributed by atoms with van der Waals surface area (Å²) in [6, 6.07) is 15.3. The van der Waals surface area contributed by atoms with Gasteiger partial charge in [-0.3, -0.25) is 0 Å². The fourth-order valence-corrected chi connectivity index (χ4v) is 4.48. The maximum atomic E-state index is 4.68. The molecule has 1 saturated heterocycles. The summed E-state index contributed by atoms with van der Waals surface area (Å²) >= 11 is 0. The highest BCUT2D eigenvalue weighted by atomic mass is 15.4. The van der Waals surface area contributed by atoms with Crippen molar-refractivity contribution in [3.05, 3.63) is 71.9 Å². The number of pyridine rings is 1. The van der Waals surface area contributed by atoms with Crippen LogP contribution in [0.4, 0.5) is 5.82 Å². The fraction of sp³-hybridized carbons (Fsp3) is 0.381. The molecule has 0 radical (unpaired) electrons. The lowest BCUT2D eigenvalue weighted by molar-refractivity contribution is 0.408. The molecule has 1 atom stereocenters. The summed E-state index contributed by atoms with van der Waals surface area (Å²) in [6.07, 6.45) is 8.06. The Labute approximate surface area is 153 Å². The molecule has 132 valence electrons. The first-order chi connectivity index (χ1) is 12.9. The van der Waals surface area contributed by atoms with Crippen LogP contribution in [0.15, 0.2) is 55.0 Å². The summed E-state index contributed by atoms with van der Waals surface area (Å²) in [5.41, 5.74) is 2.91. The Kier molecular flexibility index (Phi) is 3.92. The first kappa shape index (κ1) is 15.6. The van der Waals surface area contributed by atoms with Gasteiger partial charge in [-0.1, -0.05) is 30.3 Å². The van der Waals surface area contributed by atoms with Crippen molar-refractivity contribution in [1.82, 2.24) is 19.7 Å². The van der Waals surface area contributed by atoms with E-state index in [0.29, 0.717) is 12.0 Å². The van der Waals surface area contributed by atoms with Gasteiger partial charge in [0.1, 0.15) is 18.0 Å². The first-order valence-corrected chi connectivity index (χ1v) is 9.50. The second kappa shape index (κ2) is 6.56. The smallest absolute Gasteiger partial charge is 0.138 e. The maximum Gasteiger partial charge on any atom is 0.138 e. The van der Waals surface area contributed by atoms with Crippen molar-refractivity contribution < 1.29 is 0 Å². The summed E-state index contributed by atoms with van der Waals surface area (Å²) in [4.78, 5) is 11.6. The first-order valence-electron chi connectivity index (χ1n) is 9.50. The number of anilines is 1. The Morgan fingerprint density at radius 1 is 0.923 bits per heavy atom. The van der Waals surface area contributed by atoms with Crippen LogP contribution in [0.1, 0.15) is 41.8 Å². The van der Waals surface area contributed by atoms with E-state index < -0.39 is 0 Å². The van der Waals surface area contributed by atoms with Gasteiger partial charge in [0.05, 0.1) is 6.04 Å². The van der Waals surface area contributed by atoms with Crippen LogP contribution in [0.3, 0.4) is 0 Å². The van der Waals surface area contributed by atoms with Gasteiger partial charge in [0.2, 0.25) is 0 Å². The monoisotopic (exact) mass is 345 g/mol. The van der Waals surface area contributed by atoms with E-state index in [4.69, 9.17) is 0 Å². The van der Waals surface area contributed by atoms with Gasteiger partial charge < -0.3 is 4.90 Å². The van der Waals surface area contributed by atoms with Crippen molar-refractivity contribution in [3.8, 4) is 0 Å². The van der Waals surface area contributed by atoms with Gasteiger partial charge in [0.15, 0.2) is 0 Å². The predicted octanol–water partition coefficient (Wildman–Crippen LogP) is 3.40. The second-order valence-corrected chi connectivity index (χ2v) is 7.37. The number of aromatic nitrogens is 4. The SMILES string of the molecule is c1ccc(N2CCC[C@H](c3ncnn3C3Cc4ccccc4C3)C2)nc1. The fourth-order valence-electron chi connectivity index (χ4n) is 4.48. The summed E-state index contributed by atoms with van der Waals surface area (Å²) in [5.74, 6) is 2.62. The number of piperidine rings is 1. The molecule has 1 aliphatic carbocycles. The Morgan fingerprint density at radius 3 is 2.50 bits per heavy atom. The Morgan fingerprint density at radius 2 is 1.73 bits per heavy atom. The molecule has 5 nitrogen and oxygen atoms in total. The molecule has 0 saturated carbocycles. The van der Waals surface area contributed by atoms with Gasteiger partial charge in [-0.05, 0) is 48.9 Å². The number of fused-ring (bicyclic) bond motifs is 1. The molecule has 3 heterocycles. The Bertz CT molecular complexity index is 863. The molecular weight excluding hydrogens is 322 g/mol. The highest BCUT2D eigenvalue weighted by molar-refractivity contribution is 5.39. The van der Waals surface area contributed by atoms with Gasteiger partial charge in [0, 0.05) is 25.2 Å². The van der Waals surface area contributed by atoms with Crippen molar-refractivity contribution in [2.24, 2.45) is 0 Å².